The highest BCUT2D eigenvalue weighted by atomic mass is 16.5. The Kier molecular flexibility index (Phi) is 3.67. The van der Waals surface area contributed by atoms with Crippen LogP contribution < -0.4 is 4.74 Å². The normalized spacial score (nSPS) is 16.9. The van der Waals surface area contributed by atoms with E-state index in [4.69, 9.17) is 10.1 Å². The number of nitrogens with zero attached hydrogens (tertiary/aromatic N) is 1. The van der Waals surface area contributed by atoms with E-state index in [-0.39, 0.29) is 0 Å². The molecule has 0 bridgehead atoms. The van der Waals surface area contributed by atoms with Crippen molar-refractivity contribution in [3.05, 3.63) is 29.8 Å². The second-order valence-corrected chi connectivity index (χ2v) is 4.70. The molecule has 1 aliphatic rings. The van der Waals surface area contributed by atoms with E-state index in [1.807, 2.05) is 19.1 Å². The molecule has 0 unspecified atom stereocenters. The first-order valence-corrected chi connectivity index (χ1v) is 6.18. The maximum absolute atomic E-state index is 7.58. The van der Waals surface area contributed by atoms with Crippen LogP contribution in [0.3, 0.4) is 0 Å². The molecule has 0 radical (unpaired) electrons. The molecule has 1 fully saturated rings. The van der Waals surface area contributed by atoms with Crippen LogP contribution in [0.1, 0.15) is 25.3 Å². The van der Waals surface area contributed by atoms with Crippen LogP contribution in [-0.4, -0.2) is 29.9 Å². The third kappa shape index (κ3) is 3.22. The molecule has 0 atom stereocenters. The SMILES string of the molecule is CC(=N)N1CCC(Oc2ccc(C)cc2)CC1. The van der Waals surface area contributed by atoms with Gasteiger partial charge in [0.1, 0.15) is 11.9 Å². The molecule has 17 heavy (non-hydrogen) atoms. The molecule has 3 nitrogen and oxygen atoms in total. The Bertz CT molecular complexity index is 378. The molecule has 1 saturated heterocycles. The largest absolute Gasteiger partial charge is 0.490 e. The fourth-order valence-electron chi connectivity index (χ4n) is 2.12. The summed E-state index contributed by atoms with van der Waals surface area (Å²) in [6.07, 6.45) is 2.31. The van der Waals surface area contributed by atoms with Crippen LogP contribution in [-0.2, 0) is 0 Å². The van der Waals surface area contributed by atoms with Gasteiger partial charge in [0.05, 0.1) is 5.84 Å². The molecule has 1 aromatic rings. The molecule has 1 aliphatic heterocycles. The summed E-state index contributed by atoms with van der Waals surface area (Å²) >= 11 is 0. The van der Waals surface area contributed by atoms with Crippen LogP contribution in [0.25, 0.3) is 0 Å². The maximum Gasteiger partial charge on any atom is 0.119 e. The van der Waals surface area contributed by atoms with Crippen molar-refractivity contribution in [3.8, 4) is 5.75 Å². The summed E-state index contributed by atoms with van der Waals surface area (Å²) in [6, 6.07) is 8.21. The smallest absolute Gasteiger partial charge is 0.119 e. The van der Waals surface area contributed by atoms with Gasteiger partial charge in [-0.3, -0.25) is 5.41 Å². The summed E-state index contributed by atoms with van der Waals surface area (Å²) in [5, 5.41) is 7.58. The van der Waals surface area contributed by atoms with Gasteiger partial charge in [0.2, 0.25) is 0 Å². The van der Waals surface area contributed by atoms with Crippen molar-refractivity contribution in [2.24, 2.45) is 0 Å². The Morgan fingerprint density at radius 2 is 1.82 bits per heavy atom. The molecule has 0 spiro atoms. The van der Waals surface area contributed by atoms with Crippen molar-refractivity contribution in [2.45, 2.75) is 32.8 Å². The Hall–Kier alpha value is -1.51. The number of amidine groups is 1. The van der Waals surface area contributed by atoms with Gasteiger partial charge in [-0.2, -0.15) is 0 Å². The fourth-order valence-corrected chi connectivity index (χ4v) is 2.12. The third-order valence-corrected chi connectivity index (χ3v) is 3.24. The molecule has 3 heteroatoms. The number of nitrogens with one attached hydrogen (secondary N) is 1. The molecule has 1 heterocycles. The Balaban J connectivity index is 1.85. The number of likely N-dealkylation sites (tertiary alicyclic amines) is 1. The Morgan fingerprint density at radius 1 is 1.24 bits per heavy atom. The molecule has 0 amide bonds. The van der Waals surface area contributed by atoms with Gasteiger partial charge in [-0.1, -0.05) is 17.7 Å². The minimum absolute atomic E-state index is 0.299. The van der Waals surface area contributed by atoms with Gasteiger partial charge in [-0.15, -0.1) is 0 Å². The van der Waals surface area contributed by atoms with Gasteiger partial charge < -0.3 is 9.64 Å². The van der Waals surface area contributed by atoms with E-state index in [9.17, 15) is 0 Å². The zero-order valence-corrected chi connectivity index (χ0v) is 10.6. The molecule has 0 saturated carbocycles. The highest BCUT2D eigenvalue weighted by molar-refractivity contribution is 5.76. The summed E-state index contributed by atoms with van der Waals surface area (Å²) in [6.45, 7) is 5.80. The van der Waals surface area contributed by atoms with Crippen LogP contribution in [0.15, 0.2) is 24.3 Å². The second kappa shape index (κ2) is 5.21. The van der Waals surface area contributed by atoms with Crippen LogP contribution in [0, 0.1) is 12.3 Å². The first-order valence-electron chi connectivity index (χ1n) is 6.18. The molecule has 1 aromatic carbocycles. The summed E-state index contributed by atoms with van der Waals surface area (Å²) in [4.78, 5) is 2.11. The van der Waals surface area contributed by atoms with Crippen molar-refractivity contribution >= 4 is 5.84 Å². The minimum atomic E-state index is 0.299. The number of ether oxygens (including phenoxy) is 1. The zero-order valence-electron chi connectivity index (χ0n) is 10.6. The van der Waals surface area contributed by atoms with E-state index in [0.29, 0.717) is 11.9 Å². The minimum Gasteiger partial charge on any atom is -0.490 e. The second-order valence-electron chi connectivity index (χ2n) is 4.70. The van der Waals surface area contributed by atoms with E-state index < -0.39 is 0 Å². The predicted molar refractivity (Wildman–Crippen MR) is 69.8 cm³/mol. The van der Waals surface area contributed by atoms with Crippen molar-refractivity contribution in [1.29, 1.82) is 5.41 Å². The number of aryl methyl sites for hydroxylation is 1. The van der Waals surface area contributed by atoms with Gasteiger partial charge in [-0.25, -0.2) is 0 Å². The molecule has 2 rings (SSSR count). The summed E-state index contributed by atoms with van der Waals surface area (Å²) < 4.78 is 5.94. The van der Waals surface area contributed by atoms with Gasteiger partial charge in [0, 0.05) is 25.9 Å². The lowest BCUT2D eigenvalue weighted by Gasteiger charge is -2.32. The van der Waals surface area contributed by atoms with Gasteiger partial charge in [0.25, 0.3) is 0 Å². The lowest BCUT2D eigenvalue weighted by atomic mass is 10.1. The first kappa shape index (κ1) is 12.0. The van der Waals surface area contributed by atoms with Crippen LogP contribution in [0.4, 0.5) is 0 Å². The van der Waals surface area contributed by atoms with Crippen molar-refractivity contribution in [3.63, 3.8) is 0 Å². The average Bonchev–Trinajstić information content (AvgIpc) is 2.33. The number of hydrogen-bond acceptors (Lipinski definition) is 2. The highest BCUT2D eigenvalue weighted by Gasteiger charge is 2.20. The number of rotatable bonds is 2. The topological polar surface area (TPSA) is 36.3 Å². The standard InChI is InChI=1S/C14H20N2O/c1-11-3-5-13(6-4-11)17-14-7-9-16(10-8-14)12(2)15/h3-6,14-15H,7-10H2,1-2H3. The highest BCUT2D eigenvalue weighted by Crippen LogP contribution is 2.19. The maximum atomic E-state index is 7.58. The predicted octanol–water partition coefficient (Wildman–Crippen LogP) is 2.84. The monoisotopic (exact) mass is 232 g/mol. The van der Waals surface area contributed by atoms with Gasteiger partial charge in [0.15, 0.2) is 0 Å². The number of benzene rings is 1. The van der Waals surface area contributed by atoms with Gasteiger partial charge in [-0.05, 0) is 26.0 Å². The first-order chi connectivity index (χ1) is 8.15. The number of hydrogen-bond donors (Lipinski definition) is 1. The van der Waals surface area contributed by atoms with E-state index in [0.717, 1.165) is 31.7 Å². The average molecular weight is 232 g/mol. The van der Waals surface area contributed by atoms with Crippen molar-refractivity contribution in [2.75, 3.05) is 13.1 Å². The molecular weight excluding hydrogens is 212 g/mol. The fraction of sp³-hybridized carbons (Fsp3) is 0.500. The summed E-state index contributed by atoms with van der Waals surface area (Å²) in [7, 11) is 0. The lowest BCUT2D eigenvalue weighted by molar-refractivity contribution is 0.130. The lowest BCUT2D eigenvalue weighted by Crippen LogP contribution is -2.40. The van der Waals surface area contributed by atoms with Crippen molar-refractivity contribution < 1.29 is 4.74 Å². The van der Waals surface area contributed by atoms with E-state index in [1.54, 1.807) is 0 Å². The Labute approximate surface area is 103 Å². The van der Waals surface area contributed by atoms with Crippen LogP contribution in [0.5, 0.6) is 5.75 Å². The Morgan fingerprint density at radius 3 is 2.35 bits per heavy atom. The number of piperidine rings is 1. The molecule has 1 N–H and O–H groups in total. The van der Waals surface area contributed by atoms with Crippen LogP contribution in [0.2, 0.25) is 0 Å². The molecule has 92 valence electrons. The quantitative estimate of drug-likeness (QED) is 0.628. The molecule has 0 aromatic heterocycles. The van der Waals surface area contributed by atoms with E-state index in [1.165, 1.54) is 5.56 Å². The van der Waals surface area contributed by atoms with Gasteiger partial charge >= 0.3 is 0 Å². The van der Waals surface area contributed by atoms with Crippen molar-refractivity contribution in [1.82, 2.24) is 4.90 Å². The summed E-state index contributed by atoms with van der Waals surface area (Å²) in [5.74, 6) is 1.62. The third-order valence-electron chi connectivity index (χ3n) is 3.24. The van der Waals surface area contributed by atoms with E-state index >= 15 is 0 Å². The molecule has 0 aliphatic carbocycles. The zero-order chi connectivity index (χ0) is 12.3. The van der Waals surface area contributed by atoms with E-state index in [2.05, 4.69) is 24.0 Å². The summed E-state index contributed by atoms with van der Waals surface area (Å²) in [5.41, 5.74) is 1.26. The molecular formula is C14H20N2O. The van der Waals surface area contributed by atoms with Crippen LogP contribution >= 0.6 is 0 Å².